The smallest absolute Gasteiger partial charge is 0.0282 e. The highest BCUT2D eigenvalue weighted by atomic mass is 32.1. The van der Waals surface area contributed by atoms with Crippen LogP contribution in [0.2, 0.25) is 0 Å². The Kier molecular flexibility index (Phi) is 3.01. The molecule has 3 heteroatoms. The second-order valence-electron chi connectivity index (χ2n) is 5.45. The van der Waals surface area contributed by atoms with E-state index in [2.05, 4.69) is 22.3 Å². The SMILES string of the molecule is NNC(Cc1ccsc1)C1CC2CCC1C2. The largest absolute Gasteiger partial charge is 0.271 e. The summed E-state index contributed by atoms with van der Waals surface area (Å²) in [6, 6.07) is 2.72. The molecule has 2 aliphatic rings. The number of rotatable bonds is 4. The number of thiophene rings is 1. The zero-order valence-electron chi connectivity index (χ0n) is 9.56. The van der Waals surface area contributed by atoms with Crippen molar-refractivity contribution < 1.29 is 0 Å². The Hall–Kier alpha value is -0.380. The lowest BCUT2D eigenvalue weighted by Gasteiger charge is -2.29. The molecular formula is C13H20N2S. The summed E-state index contributed by atoms with van der Waals surface area (Å²) in [6.07, 6.45) is 6.89. The number of fused-ring (bicyclic) bond motifs is 2. The van der Waals surface area contributed by atoms with Crippen LogP contribution < -0.4 is 11.3 Å². The van der Waals surface area contributed by atoms with Crippen molar-refractivity contribution in [1.29, 1.82) is 0 Å². The third kappa shape index (κ3) is 1.92. The van der Waals surface area contributed by atoms with E-state index in [0.29, 0.717) is 6.04 Å². The molecule has 0 amide bonds. The monoisotopic (exact) mass is 236 g/mol. The van der Waals surface area contributed by atoms with Crippen molar-refractivity contribution >= 4 is 11.3 Å². The lowest BCUT2D eigenvalue weighted by atomic mass is 9.81. The first-order valence-corrected chi connectivity index (χ1v) is 7.28. The molecule has 3 rings (SSSR count). The van der Waals surface area contributed by atoms with Gasteiger partial charge in [0.15, 0.2) is 0 Å². The highest BCUT2D eigenvalue weighted by molar-refractivity contribution is 7.07. The summed E-state index contributed by atoms with van der Waals surface area (Å²) in [5.74, 6) is 8.53. The van der Waals surface area contributed by atoms with Gasteiger partial charge >= 0.3 is 0 Å². The van der Waals surface area contributed by atoms with Gasteiger partial charge in [0.25, 0.3) is 0 Å². The van der Waals surface area contributed by atoms with Gasteiger partial charge in [-0.25, -0.2) is 0 Å². The molecule has 1 heterocycles. The van der Waals surface area contributed by atoms with Crippen LogP contribution in [0.3, 0.4) is 0 Å². The van der Waals surface area contributed by atoms with Gasteiger partial charge in [-0.1, -0.05) is 6.42 Å². The van der Waals surface area contributed by atoms with E-state index in [1.54, 1.807) is 11.3 Å². The number of hydrogen-bond donors (Lipinski definition) is 2. The summed E-state index contributed by atoms with van der Waals surface area (Å²) in [5, 5.41) is 4.40. The highest BCUT2D eigenvalue weighted by Gasteiger charge is 2.42. The summed E-state index contributed by atoms with van der Waals surface area (Å²) >= 11 is 1.78. The maximum Gasteiger partial charge on any atom is 0.0282 e. The molecule has 1 aromatic rings. The topological polar surface area (TPSA) is 38.0 Å². The summed E-state index contributed by atoms with van der Waals surface area (Å²) in [6.45, 7) is 0. The predicted octanol–water partition coefficient (Wildman–Crippen LogP) is 2.56. The molecule has 0 aliphatic heterocycles. The fourth-order valence-electron chi connectivity index (χ4n) is 3.78. The Morgan fingerprint density at radius 1 is 1.44 bits per heavy atom. The molecule has 2 nitrogen and oxygen atoms in total. The van der Waals surface area contributed by atoms with Gasteiger partial charge in [0.2, 0.25) is 0 Å². The van der Waals surface area contributed by atoms with Gasteiger partial charge in [-0.3, -0.25) is 11.3 Å². The van der Waals surface area contributed by atoms with Crippen molar-refractivity contribution in [2.75, 3.05) is 0 Å². The van der Waals surface area contributed by atoms with Crippen LogP contribution in [0.25, 0.3) is 0 Å². The molecule has 2 saturated carbocycles. The van der Waals surface area contributed by atoms with Gasteiger partial charge in [0.05, 0.1) is 0 Å². The Bertz CT molecular complexity index is 336. The minimum absolute atomic E-state index is 0.491. The van der Waals surface area contributed by atoms with Crippen LogP contribution in [0, 0.1) is 17.8 Å². The molecule has 0 spiro atoms. The molecular weight excluding hydrogens is 216 g/mol. The van der Waals surface area contributed by atoms with E-state index < -0.39 is 0 Å². The van der Waals surface area contributed by atoms with Crippen LogP contribution in [0.4, 0.5) is 0 Å². The average Bonchev–Trinajstić information content (AvgIpc) is 3.02. The number of nitrogens with one attached hydrogen (secondary N) is 1. The second-order valence-corrected chi connectivity index (χ2v) is 6.23. The first-order valence-electron chi connectivity index (χ1n) is 6.34. The van der Waals surface area contributed by atoms with Crippen LogP contribution in [0.15, 0.2) is 16.8 Å². The Labute approximate surface area is 101 Å². The van der Waals surface area contributed by atoms with E-state index in [4.69, 9.17) is 5.84 Å². The standard InChI is InChI=1S/C13H20N2S/c14-15-13(7-10-3-4-16-8-10)12-6-9-1-2-11(12)5-9/h3-4,8-9,11-13,15H,1-2,5-7,14H2. The van der Waals surface area contributed by atoms with Gasteiger partial charge in [0, 0.05) is 6.04 Å². The lowest BCUT2D eigenvalue weighted by Crippen LogP contribution is -2.44. The predicted molar refractivity (Wildman–Crippen MR) is 68.1 cm³/mol. The van der Waals surface area contributed by atoms with Crippen molar-refractivity contribution in [3.8, 4) is 0 Å². The quantitative estimate of drug-likeness (QED) is 0.623. The van der Waals surface area contributed by atoms with Crippen LogP contribution in [-0.2, 0) is 6.42 Å². The molecule has 2 fully saturated rings. The van der Waals surface area contributed by atoms with E-state index in [0.717, 1.165) is 24.2 Å². The zero-order chi connectivity index (χ0) is 11.0. The fourth-order valence-corrected chi connectivity index (χ4v) is 4.46. The third-order valence-electron chi connectivity index (χ3n) is 4.56. The normalized spacial score (nSPS) is 34.4. The molecule has 16 heavy (non-hydrogen) atoms. The van der Waals surface area contributed by atoms with Crippen molar-refractivity contribution in [3.05, 3.63) is 22.4 Å². The van der Waals surface area contributed by atoms with Crippen molar-refractivity contribution in [1.82, 2.24) is 5.43 Å². The van der Waals surface area contributed by atoms with E-state index >= 15 is 0 Å². The minimum atomic E-state index is 0.491. The second kappa shape index (κ2) is 4.47. The molecule has 3 N–H and O–H groups in total. The van der Waals surface area contributed by atoms with Crippen LogP contribution in [0.5, 0.6) is 0 Å². The molecule has 4 atom stereocenters. The summed E-state index contributed by atoms with van der Waals surface area (Å²) < 4.78 is 0. The Morgan fingerprint density at radius 2 is 2.38 bits per heavy atom. The van der Waals surface area contributed by atoms with Gasteiger partial charge in [-0.05, 0) is 65.8 Å². The van der Waals surface area contributed by atoms with Crippen LogP contribution in [0.1, 0.15) is 31.2 Å². The van der Waals surface area contributed by atoms with Gasteiger partial charge in [0.1, 0.15) is 0 Å². The molecule has 2 aliphatic carbocycles. The number of nitrogens with two attached hydrogens (primary N) is 1. The molecule has 1 aromatic heterocycles. The lowest BCUT2D eigenvalue weighted by molar-refractivity contribution is 0.248. The van der Waals surface area contributed by atoms with Crippen molar-refractivity contribution in [2.24, 2.45) is 23.6 Å². The minimum Gasteiger partial charge on any atom is -0.271 e. The first-order chi connectivity index (χ1) is 7.86. The summed E-state index contributed by atoms with van der Waals surface area (Å²) in [5.41, 5.74) is 4.51. The molecule has 0 radical (unpaired) electrons. The summed E-state index contributed by atoms with van der Waals surface area (Å²) in [7, 11) is 0. The molecule has 2 bridgehead atoms. The van der Waals surface area contributed by atoms with Crippen LogP contribution in [-0.4, -0.2) is 6.04 Å². The Morgan fingerprint density at radius 3 is 2.94 bits per heavy atom. The van der Waals surface area contributed by atoms with Crippen molar-refractivity contribution in [3.63, 3.8) is 0 Å². The van der Waals surface area contributed by atoms with Gasteiger partial charge < -0.3 is 0 Å². The highest BCUT2D eigenvalue weighted by Crippen LogP contribution is 2.49. The van der Waals surface area contributed by atoms with E-state index in [9.17, 15) is 0 Å². The van der Waals surface area contributed by atoms with Gasteiger partial charge in [-0.2, -0.15) is 11.3 Å². The third-order valence-corrected chi connectivity index (χ3v) is 5.29. The maximum atomic E-state index is 5.75. The maximum absolute atomic E-state index is 5.75. The first kappa shape index (κ1) is 10.8. The van der Waals surface area contributed by atoms with Crippen molar-refractivity contribution in [2.45, 2.75) is 38.1 Å². The molecule has 0 saturated heterocycles. The summed E-state index contributed by atoms with van der Waals surface area (Å²) in [4.78, 5) is 0. The van der Waals surface area contributed by atoms with E-state index in [-0.39, 0.29) is 0 Å². The average molecular weight is 236 g/mol. The number of hydrogen-bond acceptors (Lipinski definition) is 3. The zero-order valence-corrected chi connectivity index (χ0v) is 10.4. The molecule has 4 unspecified atom stereocenters. The fraction of sp³-hybridized carbons (Fsp3) is 0.692. The van der Waals surface area contributed by atoms with Gasteiger partial charge in [-0.15, -0.1) is 0 Å². The van der Waals surface area contributed by atoms with E-state index in [1.807, 2.05) is 0 Å². The van der Waals surface area contributed by atoms with E-state index in [1.165, 1.54) is 31.2 Å². The number of hydrazine groups is 1. The van der Waals surface area contributed by atoms with Crippen LogP contribution >= 0.6 is 11.3 Å². The Balaban J connectivity index is 1.67. The molecule has 0 aromatic carbocycles. The molecule has 88 valence electrons.